The fraction of sp³-hybridized carbons (Fsp3) is 0.0909. The highest BCUT2D eigenvalue weighted by atomic mass is 19.4. The number of alkyl halides is 3. The lowest BCUT2D eigenvalue weighted by atomic mass is 10.00. The smallest absolute Gasteiger partial charge is 0.366 e. The Morgan fingerprint density at radius 3 is 2.18 bits per heavy atom. The number of halogens is 3. The van der Waals surface area contributed by atoms with Crippen LogP contribution in [0.25, 0.3) is 17.3 Å². The number of pyridine rings is 1. The molecule has 142 valence electrons. The van der Waals surface area contributed by atoms with Gasteiger partial charge in [0.05, 0.1) is 11.3 Å². The van der Waals surface area contributed by atoms with Gasteiger partial charge in [-0.05, 0) is 41.5 Å². The molecule has 0 bridgehead atoms. The average molecular weight is 382 g/mol. The summed E-state index contributed by atoms with van der Waals surface area (Å²) in [6, 6.07) is 17.7. The van der Waals surface area contributed by atoms with E-state index in [-0.39, 0.29) is 6.42 Å². The molecule has 3 rings (SSSR count). The number of rotatable bonds is 5. The van der Waals surface area contributed by atoms with Crippen LogP contribution >= 0.6 is 0 Å². The Hall–Kier alpha value is -3.41. The van der Waals surface area contributed by atoms with E-state index in [0.29, 0.717) is 11.1 Å². The predicted octanol–water partition coefficient (Wildman–Crippen LogP) is 4.88. The highest BCUT2D eigenvalue weighted by Crippen LogP contribution is 2.29. The minimum Gasteiger partial charge on any atom is -0.366 e. The standard InChI is InChI=1S/C22H17F3N2O/c23-22(24,25)19-10-6-16(7-11-19)14-18(21(26)28)13-15-4-8-17(9-5-15)20-3-1-2-12-27-20/h1-12,14H,13H2,(H2,26,28)/b18-14-. The third kappa shape index (κ3) is 4.85. The van der Waals surface area contributed by atoms with E-state index < -0.39 is 17.6 Å². The van der Waals surface area contributed by atoms with Gasteiger partial charge in [-0.2, -0.15) is 13.2 Å². The summed E-state index contributed by atoms with van der Waals surface area (Å²) in [6.07, 6.45) is -0.903. The molecule has 0 atom stereocenters. The number of nitrogens with two attached hydrogens (primary N) is 1. The number of amides is 1. The highest BCUT2D eigenvalue weighted by molar-refractivity contribution is 5.97. The molecule has 0 saturated heterocycles. The van der Waals surface area contributed by atoms with Gasteiger partial charge in [-0.3, -0.25) is 9.78 Å². The van der Waals surface area contributed by atoms with Gasteiger partial charge in [-0.25, -0.2) is 0 Å². The quantitative estimate of drug-likeness (QED) is 0.640. The molecular formula is C22H17F3N2O. The Bertz CT molecular complexity index is 977. The topological polar surface area (TPSA) is 56.0 Å². The van der Waals surface area contributed by atoms with E-state index >= 15 is 0 Å². The molecule has 0 aliphatic heterocycles. The van der Waals surface area contributed by atoms with Crippen LogP contribution in [0.1, 0.15) is 16.7 Å². The number of benzene rings is 2. The molecular weight excluding hydrogens is 365 g/mol. The second-order valence-corrected chi connectivity index (χ2v) is 6.24. The SMILES string of the molecule is NC(=O)/C(=C\c1ccc(C(F)(F)F)cc1)Cc1ccc(-c2ccccn2)cc1. The summed E-state index contributed by atoms with van der Waals surface area (Å²) < 4.78 is 38.0. The third-order valence-electron chi connectivity index (χ3n) is 4.20. The van der Waals surface area contributed by atoms with E-state index in [1.165, 1.54) is 18.2 Å². The minimum absolute atomic E-state index is 0.277. The van der Waals surface area contributed by atoms with Crippen LogP contribution < -0.4 is 5.73 Å². The maximum absolute atomic E-state index is 12.7. The molecule has 0 aliphatic carbocycles. The summed E-state index contributed by atoms with van der Waals surface area (Å²) in [7, 11) is 0. The molecule has 1 heterocycles. The number of carbonyl (C=O) groups is 1. The lowest BCUT2D eigenvalue weighted by molar-refractivity contribution is -0.137. The van der Waals surface area contributed by atoms with Crippen molar-refractivity contribution in [2.75, 3.05) is 0 Å². The van der Waals surface area contributed by atoms with E-state index in [1.54, 1.807) is 6.20 Å². The van der Waals surface area contributed by atoms with Gasteiger partial charge >= 0.3 is 6.18 Å². The fourth-order valence-electron chi connectivity index (χ4n) is 2.73. The van der Waals surface area contributed by atoms with Crippen molar-refractivity contribution in [2.45, 2.75) is 12.6 Å². The molecule has 0 saturated carbocycles. The summed E-state index contributed by atoms with van der Waals surface area (Å²) in [5.74, 6) is -0.617. The Labute approximate surface area is 160 Å². The van der Waals surface area contributed by atoms with Crippen molar-refractivity contribution in [3.63, 3.8) is 0 Å². The maximum atomic E-state index is 12.7. The molecule has 0 spiro atoms. The van der Waals surface area contributed by atoms with Crippen LogP contribution in [0.3, 0.4) is 0 Å². The molecule has 28 heavy (non-hydrogen) atoms. The second-order valence-electron chi connectivity index (χ2n) is 6.24. The van der Waals surface area contributed by atoms with Gasteiger partial charge in [0.2, 0.25) is 5.91 Å². The van der Waals surface area contributed by atoms with Gasteiger partial charge in [0.1, 0.15) is 0 Å². The van der Waals surface area contributed by atoms with E-state index in [0.717, 1.165) is 29.0 Å². The van der Waals surface area contributed by atoms with Crippen molar-refractivity contribution in [2.24, 2.45) is 5.73 Å². The molecule has 1 aromatic heterocycles. The zero-order valence-corrected chi connectivity index (χ0v) is 14.8. The zero-order chi connectivity index (χ0) is 20.1. The van der Waals surface area contributed by atoms with Crippen LogP contribution in [-0.4, -0.2) is 10.9 Å². The van der Waals surface area contributed by atoms with Crippen molar-refractivity contribution in [3.05, 3.63) is 95.2 Å². The highest BCUT2D eigenvalue weighted by Gasteiger charge is 2.29. The lowest BCUT2D eigenvalue weighted by Crippen LogP contribution is -2.15. The number of aromatic nitrogens is 1. The number of hydrogen-bond acceptors (Lipinski definition) is 2. The summed E-state index contributed by atoms with van der Waals surface area (Å²) in [6.45, 7) is 0. The van der Waals surface area contributed by atoms with E-state index in [4.69, 9.17) is 5.73 Å². The molecule has 0 unspecified atom stereocenters. The summed E-state index contributed by atoms with van der Waals surface area (Å²) in [5.41, 5.74) is 8.14. The van der Waals surface area contributed by atoms with Gasteiger partial charge in [0, 0.05) is 23.8 Å². The predicted molar refractivity (Wildman–Crippen MR) is 102 cm³/mol. The van der Waals surface area contributed by atoms with Crippen molar-refractivity contribution in [3.8, 4) is 11.3 Å². The van der Waals surface area contributed by atoms with Gasteiger partial charge in [-0.15, -0.1) is 0 Å². The summed E-state index contributed by atoms with van der Waals surface area (Å²) >= 11 is 0. The molecule has 0 aliphatic rings. The Morgan fingerprint density at radius 1 is 0.964 bits per heavy atom. The van der Waals surface area contributed by atoms with Gasteiger partial charge < -0.3 is 5.73 Å². The van der Waals surface area contributed by atoms with Gasteiger partial charge in [0.15, 0.2) is 0 Å². The van der Waals surface area contributed by atoms with Crippen LogP contribution in [0.5, 0.6) is 0 Å². The molecule has 3 nitrogen and oxygen atoms in total. The number of hydrogen-bond donors (Lipinski definition) is 1. The van der Waals surface area contributed by atoms with Crippen LogP contribution in [-0.2, 0) is 17.4 Å². The molecule has 6 heteroatoms. The molecule has 0 fully saturated rings. The summed E-state index contributed by atoms with van der Waals surface area (Å²) in [5, 5.41) is 0. The Morgan fingerprint density at radius 2 is 1.64 bits per heavy atom. The first kappa shape index (κ1) is 19.4. The van der Waals surface area contributed by atoms with Crippen LogP contribution in [0.2, 0.25) is 0 Å². The van der Waals surface area contributed by atoms with Crippen LogP contribution in [0, 0.1) is 0 Å². The van der Waals surface area contributed by atoms with E-state index in [1.807, 2.05) is 42.5 Å². The number of carbonyl (C=O) groups excluding carboxylic acids is 1. The number of primary amides is 1. The van der Waals surface area contributed by atoms with Crippen LogP contribution in [0.15, 0.2) is 78.5 Å². The molecule has 1 amide bonds. The largest absolute Gasteiger partial charge is 0.416 e. The van der Waals surface area contributed by atoms with Crippen molar-refractivity contribution < 1.29 is 18.0 Å². The van der Waals surface area contributed by atoms with Crippen molar-refractivity contribution in [1.82, 2.24) is 4.98 Å². The van der Waals surface area contributed by atoms with Gasteiger partial charge in [0.25, 0.3) is 0 Å². The Balaban J connectivity index is 1.79. The van der Waals surface area contributed by atoms with E-state index in [9.17, 15) is 18.0 Å². The first-order valence-electron chi connectivity index (χ1n) is 8.51. The zero-order valence-electron chi connectivity index (χ0n) is 14.8. The molecule has 0 radical (unpaired) electrons. The molecule has 3 aromatic rings. The average Bonchev–Trinajstić information content (AvgIpc) is 2.68. The summed E-state index contributed by atoms with van der Waals surface area (Å²) in [4.78, 5) is 16.1. The second kappa shape index (κ2) is 8.08. The number of nitrogens with zero attached hydrogens (tertiary/aromatic N) is 1. The molecule has 2 N–H and O–H groups in total. The first-order valence-corrected chi connectivity index (χ1v) is 8.51. The molecule has 2 aromatic carbocycles. The Kier molecular flexibility index (Phi) is 5.59. The first-order chi connectivity index (χ1) is 13.3. The maximum Gasteiger partial charge on any atom is 0.416 e. The van der Waals surface area contributed by atoms with Gasteiger partial charge in [-0.1, -0.05) is 42.5 Å². The van der Waals surface area contributed by atoms with Crippen molar-refractivity contribution in [1.29, 1.82) is 0 Å². The lowest BCUT2D eigenvalue weighted by Gasteiger charge is -2.08. The van der Waals surface area contributed by atoms with Crippen molar-refractivity contribution >= 4 is 12.0 Å². The monoisotopic (exact) mass is 382 g/mol. The third-order valence-corrected chi connectivity index (χ3v) is 4.20. The minimum atomic E-state index is -4.40. The van der Waals surface area contributed by atoms with E-state index in [2.05, 4.69) is 4.98 Å². The normalized spacial score (nSPS) is 12.0. The van der Waals surface area contributed by atoms with Crippen LogP contribution in [0.4, 0.5) is 13.2 Å². The fourth-order valence-corrected chi connectivity index (χ4v) is 2.73.